The fraction of sp³-hybridized carbons (Fsp3) is 0.154. The van der Waals surface area contributed by atoms with Gasteiger partial charge in [0, 0.05) is 21.9 Å². The number of carbonyl (C=O) groups excluding carboxylic acids is 2. The van der Waals surface area contributed by atoms with Gasteiger partial charge in [0.05, 0.1) is 10.6 Å². The zero-order valence-electron chi connectivity index (χ0n) is 18.7. The second-order valence-electron chi connectivity index (χ2n) is 8.14. The Labute approximate surface area is 218 Å². The smallest absolute Gasteiger partial charge is 0.352 e. The second-order valence-corrected chi connectivity index (χ2v) is 11.5. The first-order valence-corrected chi connectivity index (χ1v) is 13.8. The molecule has 36 heavy (non-hydrogen) atoms. The van der Waals surface area contributed by atoms with Gasteiger partial charge in [-0.05, 0) is 34.8 Å². The van der Waals surface area contributed by atoms with Gasteiger partial charge >= 0.3 is 5.97 Å². The molecule has 2 unspecified atom stereocenters. The first-order chi connectivity index (χ1) is 17.4. The number of β-lactam (4-membered cyclic amide) rings is 1. The first kappa shape index (κ1) is 24.4. The molecule has 1 saturated heterocycles. The van der Waals surface area contributed by atoms with Crippen molar-refractivity contribution in [2.75, 3.05) is 5.75 Å². The molecule has 0 spiro atoms. The molecule has 3 aromatic rings. The maximum Gasteiger partial charge on any atom is 0.352 e. The van der Waals surface area contributed by atoms with E-state index < -0.39 is 23.3 Å². The number of aliphatic carboxylic acids is 1. The molecule has 7 nitrogen and oxygen atoms in total. The van der Waals surface area contributed by atoms with Gasteiger partial charge in [-0.1, -0.05) is 54.2 Å². The van der Waals surface area contributed by atoms with E-state index in [4.69, 9.17) is 0 Å². The number of amides is 2. The van der Waals surface area contributed by atoms with Crippen LogP contribution in [-0.4, -0.2) is 45.0 Å². The predicted octanol–water partition coefficient (Wildman–Crippen LogP) is 3.85. The number of rotatable bonds is 7. The second kappa shape index (κ2) is 10.3. The molecule has 5 rings (SSSR count). The van der Waals surface area contributed by atoms with E-state index in [1.165, 1.54) is 39.8 Å². The van der Waals surface area contributed by atoms with Crippen LogP contribution in [0.3, 0.4) is 0 Å². The van der Waals surface area contributed by atoms with Crippen LogP contribution in [0.15, 0.2) is 92.4 Å². The van der Waals surface area contributed by atoms with Crippen molar-refractivity contribution in [1.29, 1.82) is 0 Å². The number of hydrogen-bond donors (Lipinski definition) is 2. The molecule has 1 fully saturated rings. The summed E-state index contributed by atoms with van der Waals surface area (Å²) in [6, 6.07) is 17.4. The SMILES string of the molecule is O=C(Cc1ccccc1)NC1C(=O)N2C(C(=O)O)=C(/C=C/Sc3cc(=O)c4ccccc4s3)CSC12. The highest BCUT2D eigenvalue weighted by Gasteiger charge is 2.53. The van der Waals surface area contributed by atoms with Crippen LogP contribution in [0, 0.1) is 0 Å². The summed E-state index contributed by atoms with van der Waals surface area (Å²) < 4.78 is 1.67. The molecule has 2 atom stereocenters. The molecule has 0 radical (unpaired) electrons. The zero-order valence-corrected chi connectivity index (χ0v) is 21.2. The standard InChI is InChI=1S/C26H20N2O5S3/c29-18-13-21(36-19-9-5-4-8-17(18)19)34-11-10-16-14-35-25-22(24(31)28(25)23(16)26(32)33)27-20(30)12-15-6-2-1-3-7-15/h1-11,13,22,25H,12,14H2,(H,27,30)(H,32,33)/b11-10+. The molecule has 2 aliphatic rings. The summed E-state index contributed by atoms with van der Waals surface area (Å²) >= 11 is 4.23. The van der Waals surface area contributed by atoms with E-state index in [1.807, 2.05) is 48.5 Å². The largest absolute Gasteiger partial charge is 0.477 e. The Morgan fingerprint density at radius 3 is 2.64 bits per heavy atom. The highest BCUT2D eigenvalue weighted by molar-refractivity contribution is 8.04. The van der Waals surface area contributed by atoms with Crippen molar-refractivity contribution in [1.82, 2.24) is 10.2 Å². The van der Waals surface area contributed by atoms with E-state index in [0.29, 0.717) is 16.7 Å². The van der Waals surface area contributed by atoms with E-state index in [9.17, 15) is 24.3 Å². The van der Waals surface area contributed by atoms with Crippen molar-refractivity contribution in [3.05, 3.63) is 99.2 Å². The number of benzene rings is 2. The molecule has 0 saturated carbocycles. The predicted molar refractivity (Wildman–Crippen MR) is 143 cm³/mol. The molecule has 2 N–H and O–H groups in total. The summed E-state index contributed by atoms with van der Waals surface area (Å²) in [5.41, 5.74) is 1.21. The van der Waals surface area contributed by atoms with Gasteiger partial charge in [0.2, 0.25) is 5.91 Å². The lowest BCUT2D eigenvalue weighted by atomic mass is 10.0. The van der Waals surface area contributed by atoms with Crippen molar-refractivity contribution in [3.8, 4) is 0 Å². The lowest BCUT2D eigenvalue weighted by Gasteiger charge is -2.49. The number of carboxylic acids is 1. The monoisotopic (exact) mass is 536 g/mol. The number of fused-ring (bicyclic) bond motifs is 2. The Hall–Kier alpha value is -3.34. The van der Waals surface area contributed by atoms with Crippen molar-refractivity contribution in [2.45, 2.75) is 22.0 Å². The van der Waals surface area contributed by atoms with Crippen LogP contribution in [-0.2, 0) is 20.8 Å². The molecule has 0 bridgehead atoms. The summed E-state index contributed by atoms with van der Waals surface area (Å²) in [5, 5.41) is 14.6. The van der Waals surface area contributed by atoms with Gasteiger partial charge in [-0.15, -0.1) is 23.1 Å². The van der Waals surface area contributed by atoms with E-state index in [2.05, 4.69) is 5.32 Å². The van der Waals surface area contributed by atoms with Crippen LogP contribution in [0.25, 0.3) is 10.1 Å². The molecule has 2 aliphatic heterocycles. The molecular formula is C26H20N2O5S3. The van der Waals surface area contributed by atoms with Gasteiger partial charge in [-0.25, -0.2) is 4.79 Å². The van der Waals surface area contributed by atoms with Crippen molar-refractivity contribution in [3.63, 3.8) is 0 Å². The van der Waals surface area contributed by atoms with E-state index >= 15 is 0 Å². The quantitative estimate of drug-likeness (QED) is 0.349. The van der Waals surface area contributed by atoms with Crippen LogP contribution in [0.4, 0.5) is 0 Å². The Morgan fingerprint density at radius 1 is 1.11 bits per heavy atom. The molecule has 182 valence electrons. The van der Waals surface area contributed by atoms with Gasteiger partial charge in [-0.3, -0.25) is 19.3 Å². The molecule has 1 aromatic heterocycles. The number of nitrogens with zero attached hydrogens (tertiary/aromatic N) is 1. The summed E-state index contributed by atoms with van der Waals surface area (Å²) in [6.45, 7) is 0. The fourth-order valence-corrected chi connectivity index (χ4v) is 7.40. The third-order valence-electron chi connectivity index (χ3n) is 5.79. The Bertz CT molecular complexity index is 1480. The normalized spacial score (nSPS) is 19.3. The Balaban J connectivity index is 1.29. The highest BCUT2D eigenvalue weighted by atomic mass is 32.2. The molecule has 2 aromatic carbocycles. The summed E-state index contributed by atoms with van der Waals surface area (Å²) in [4.78, 5) is 50.9. The van der Waals surface area contributed by atoms with Crippen LogP contribution in [0.5, 0.6) is 0 Å². The van der Waals surface area contributed by atoms with E-state index in [-0.39, 0.29) is 23.5 Å². The lowest BCUT2D eigenvalue weighted by molar-refractivity contribution is -0.150. The van der Waals surface area contributed by atoms with Crippen LogP contribution in [0.2, 0.25) is 0 Å². The highest BCUT2D eigenvalue weighted by Crippen LogP contribution is 2.41. The zero-order chi connectivity index (χ0) is 25.2. The van der Waals surface area contributed by atoms with Crippen molar-refractivity contribution >= 4 is 62.7 Å². The van der Waals surface area contributed by atoms with Crippen LogP contribution in [0.1, 0.15) is 5.56 Å². The number of allylic oxidation sites excluding steroid dienone is 1. The van der Waals surface area contributed by atoms with Gasteiger partial charge in [0.15, 0.2) is 5.43 Å². The third-order valence-corrected chi connectivity index (χ3v) is 9.15. The Kier molecular flexibility index (Phi) is 6.99. The number of carbonyl (C=O) groups is 3. The number of hydrogen-bond acceptors (Lipinski definition) is 7. The van der Waals surface area contributed by atoms with Gasteiger partial charge in [0.1, 0.15) is 17.1 Å². The maximum absolute atomic E-state index is 12.8. The van der Waals surface area contributed by atoms with Crippen molar-refractivity contribution < 1.29 is 19.5 Å². The van der Waals surface area contributed by atoms with Gasteiger partial charge in [0.25, 0.3) is 5.91 Å². The number of thioether (sulfide) groups is 2. The molecule has 0 aliphatic carbocycles. The summed E-state index contributed by atoms with van der Waals surface area (Å²) in [5.74, 6) is -1.52. The van der Waals surface area contributed by atoms with Crippen LogP contribution < -0.4 is 10.7 Å². The summed E-state index contributed by atoms with van der Waals surface area (Å²) in [7, 11) is 0. The first-order valence-electron chi connectivity index (χ1n) is 11.0. The average Bonchev–Trinajstić information content (AvgIpc) is 2.87. The number of carboxylic acid groups (broad SMARTS) is 1. The maximum atomic E-state index is 12.8. The fourth-order valence-electron chi connectivity index (χ4n) is 4.10. The average molecular weight is 537 g/mol. The minimum atomic E-state index is -1.19. The van der Waals surface area contributed by atoms with Crippen molar-refractivity contribution in [2.24, 2.45) is 0 Å². The topological polar surface area (TPSA) is 104 Å². The third kappa shape index (κ3) is 4.84. The molecule has 10 heteroatoms. The molecular weight excluding hydrogens is 516 g/mol. The molecule has 3 heterocycles. The lowest BCUT2D eigenvalue weighted by Crippen LogP contribution is -2.70. The van der Waals surface area contributed by atoms with Crippen LogP contribution >= 0.6 is 34.9 Å². The minimum Gasteiger partial charge on any atom is -0.477 e. The summed E-state index contributed by atoms with van der Waals surface area (Å²) in [6.07, 6.45) is 1.83. The minimum absolute atomic E-state index is 0.0618. The number of nitrogens with one attached hydrogen (secondary N) is 1. The van der Waals surface area contributed by atoms with Gasteiger partial charge < -0.3 is 10.4 Å². The van der Waals surface area contributed by atoms with E-state index in [0.717, 1.165) is 14.5 Å². The van der Waals surface area contributed by atoms with E-state index in [1.54, 1.807) is 23.6 Å². The molecule has 2 amide bonds. The van der Waals surface area contributed by atoms with Gasteiger partial charge in [-0.2, -0.15) is 0 Å². The Morgan fingerprint density at radius 2 is 1.86 bits per heavy atom.